The van der Waals surface area contributed by atoms with E-state index in [1.807, 2.05) is 31.2 Å². The molecule has 2 fully saturated rings. The first-order chi connectivity index (χ1) is 25.4. The van der Waals surface area contributed by atoms with Crippen LogP contribution >= 0.6 is 0 Å². The molecular weight excluding hydrogens is 707 g/mol. The summed E-state index contributed by atoms with van der Waals surface area (Å²) in [4.78, 5) is 59.0. The molecule has 282 valence electrons. The van der Waals surface area contributed by atoms with Gasteiger partial charge in [-0.05, 0) is 55.5 Å². The molecular formula is C36H43N7O9S. The Morgan fingerprint density at radius 3 is 2.34 bits per heavy atom. The number of aromatic nitrogens is 1. The van der Waals surface area contributed by atoms with Gasteiger partial charge in [0.2, 0.25) is 17.7 Å². The number of hydroxylamine groups is 1. The van der Waals surface area contributed by atoms with Crippen LogP contribution in [0.1, 0.15) is 52.7 Å². The SMILES string of the molecule is Cc1ccc(COC2CCN(C(=O)[C@H]3CCN(C(=O)CCNC(=O)c4ccc(N=NCc5ccccc5S(=O)(=O)O)nc4)CC3C(=O)NO)CC2)cc1. The summed E-state index contributed by atoms with van der Waals surface area (Å²) in [5.41, 5.74) is 4.38. The fraction of sp³-hybridized carbons (Fsp3) is 0.417. The highest BCUT2D eigenvalue weighted by atomic mass is 32.2. The van der Waals surface area contributed by atoms with E-state index in [9.17, 15) is 37.4 Å². The highest BCUT2D eigenvalue weighted by molar-refractivity contribution is 7.85. The summed E-state index contributed by atoms with van der Waals surface area (Å²) in [6, 6.07) is 16.9. The Bertz CT molecular complexity index is 1900. The average molecular weight is 750 g/mol. The smallest absolute Gasteiger partial charge is 0.294 e. The lowest BCUT2D eigenvalue weighted by Gasteiger charge is -2.40. The number of ether oxygens (including phenoxy) is 1. The summed E-state index contributed by atoms with van der Waals surface area (Å²) in [5.74, 6) is -3.18. The van der Waals surface area contributed by atoms with Crippen LogP contribution in [0.5, 0.6) is 0 Å². The van der Waals surface area contributed by atoms with Gasteiger partial charge in [0.15, 0.2) is 5.82 Å². The molecule has 4 N–H and O–H groups in total. The van der Waals surface area contributed by atoms with E-state index in [0.29, 0.717) is 32.5 Å². The third kappa shape index (κ3) is 10.7. The van der Waals surface area contributed by atoms with Crippen molar-refractivity contribution in [2.24, 2.45) is 22.1 Å². The predicted octanol–water partition coefficient (Wildman–Crippen LogP) is 3.22. The first kappa shape index (κ1) is 39.1. The molecule has 0 saturated carbocycles. The van der Waals surface area contributed by atoms with Gasteiger partial charge >= 0.3 is 0 Å². The number of carbonyl (C=O) groups excluding carboxylic acids is 4. The molecule has 1 aromatic heterocycles. The second kappa shape index (κ2) is 18.1. The minimum absolute atomic E-state index is 0.00293. The summed E-state index contributed by atoms with van der Waals surface area (Å²) >= 11 is 0. The molecule has 4 amide bonds. The molecule has 3 aromatic rings. The number of piperidine rings is 2. The van der Waals surface area contributed by atoms with Gasteiger partial charge in [-0.25, -0.2) is 10.5 Å². The standard InChI is InChI=1S/C36H43N7O9S/c1-24-6-8-25(9-7-24)23-52-28-13-17-42(18-14-28)36(47)29-15-19-43(22-30(29)35(46)41-48)33(44)12-16-37-34(45)27-10-11-32(38-20-27)40-39-21-26-4-2-3-5-31(26)53(49,50)51/h2-11,20,28-30,48H,12-19,21-23H2,1H3,(H,37,45)(H,41,46)(H,49,50,51)/t29-,30?/m0/s1. The summed E-state index contributed by atoms with van der Waals surface area (Å²) < 4.78 is 38.5. The second-order valence-electron chi connectivity index (χ2n) is 13.0. The Hall–Kier alpha value is -5.10. The zero-order valence-corrected chi connectivity index (χ0v) is 30.1. The van der Waals surface area contributed by atoms with Crippen LogP contribution in [0.15, 0.2) is 82.0 Å². The predicted molar refractivity (Wildman–Crippen MR) is 189 cm³/mol. The van der Waals surface area contributed by atoms with Crippen LogP contribution in [-0.2, 0) is 42.4 Å². The molecule has 5 rings (SSSR count). The van der Waals surface area contributed by atoms with E-state index < -0.39 is 33.8 Å². The van der Waals surface area contributed by atoms with Crippen LogP contribution < -0.4 is 10.8 Å². The monoisotopic (exact) mass is 749 g/mol. The van der Waals surface area contributed by atoms with Crippen molar-refractivity contribution in [1.29, 1.82) is 0 Å². The lowest BCUT2D eigenvalue weighted by Crippen LogP contribution is -2.54. The number of aryl methyl sites for hydroxylation is 1. The minimum Gasteiger partial charge on any atom is -0.373 e. The van der Waals surface area contributed by atoms with E-state index >= 15 is 0 Å². The van der Waals surface area contributed by atoms with Crippen molar-refractivity contribution in [2.45, 2.75) is 56.8 Å². The Morgan fingerprint density at radius 2 is 1.66 bits per heavy atom. The van der Waals surface area contributed by atoms with Crippen LogP contribution in [0.2, 0.25) is 0 Å². The van der Waals surface area contributed by atoms with Crippen LogP contribution in [0.25, 0.3) is 0 Å². The van der Waals surface area contributed by atoms with Gasteiger partial charge in [0.1, 0.15) is 0 Å². The number of carbonyl (C=O) groups is 4. The molecule has 2 atom stereocenters. The van der Waals surface area contributed by atoms with Gasteiger partial charge in [-0.1, -0.05) is 48.0 Å². The van der Waals surface area contributed by atoms with Gasteiger partial charge in [0.25, 0.3) is 16.0 Å². The number of likely N-dealkylation sites (tertiary alicyclic amines) is 2. The molecule has 0 spiro atoms. The Kier molecular flexibility index (Phi) is 13.4. The van der Waals surface area contributed by atoms with Crippen LogP contribution in [0.3, 0.4) is 0 Å². The number of pyridine rings is 1. The normalized spacial score (nSPS) is 18.2. The largest absolute Gasteiger partial charge is 0.373 e. The summed E-state index contributed by atoms with van der Waals surface area (Å²) in [7, 11) is -4.42. The maximum atomic E-state index is 13.6. The van der Waals surface area contributed by atoms with Crippen molar-refractivity contribution in [1.82, 2.24) is 25.6 Å². The average Bonchev–Trinajstić information content (AvgIpc) is 3.17. The number of hydrogen-bond acceptors (Lipinski definition) is 11. The van der Waals surface area contributed by atoms with Gasteiger partial charge < -0.3 is 19.9 Å². The molecule has 0 aliphatic carbocycles. The van der Waals surface area contributed by atoms with Gasteiger partial charge in [-0.3, -0.25) is 28.9 Å². The van der Waals surface area contributed by atoms with E-state index in [-0.39, 0.29) is 78.8 Å². The fourth-order valence-corrected chi connectivity index (χ4v) is 7.11. The molecule has 2 saturated heterocycles. The molecule has 16 nitrogen and oxygen atoms in total. The summed E-state index contributed by atoms with van der Waals surface area (Å²) in [6.45, 7) is 3.57. The topological polar surface area (TPSA) is 220 Å². The van der Waals surface area contributed by atoms with Crippen molar-refractivity contribution < 1.29 is 42.1 Å². The lowest BCUT2D eigenvalue weighted by molar-refractivity contribution is -0.152. The highest BCUT2D eigenvalue weighted by Gasteiger charge is 2.42. The van der Waals surface area contributed by atoms with E-state index in [4.69, 9.17) is 4.74 Å². The van der Waals surface area contributed by atoms with Crippen molar-refractivity contribution >= 4 is 39.6 Å². The summed E-state index contributed by atoms with van der Waals surface area (Å²) in [5, 5.41) is 20.0. The maximum absolute atomic E-state index is 13.6. The van der Waals surface area contributed by atoms with E-state index in [0.717, 1.165) is 5.56 Å². The fourth-order valence-electron chi connectivity index (χ4n) is 6.39. The molecule has 2 aromatic carbocycles. The van der Waals surface area contributed by atoms with Gasteiger partial charge in [-0.15, -0.1) is 5.11 Å². The first-order valence-corrected chi connectivity index (χ1v) is 18.7. The van der Waals surface area contributed by atoms with Crippen LogP contribution in [-0.4, -0.2) is 95.4 Å². The van der Waals surface area contributed by atoms with E-state index in [2.05, 4.69) is 20.5 Å². The van der Waals surface area contributed by atoms with Crippen molar-refractivity contribution in [3.05, 3.63) is 89.1 Å². The van der Waals surface area contributed by atoms with Crippen molar-refractivity contribution in [2.75, 3.05) is 32.7 Å². The van der Waals surface area contributed by atoms with E-state index in [1.54, 1.807) is 16.4 Å². The molecule has 3 heterocycles. The number of azo groups is 1. The molecule has 0 bridgehead atoms. The maximum Gasteiger partial charge on any atom is 0.294 e. The number of nitrogens with zero attached hydrogens (tertiary/aromatic N) is 5. The Morgan fingerprint density at radius 1 is 0.943 bits per heavy atom. The third-order valence-corrected chi connectivity index (χ3v) is 10.3. The van der Waals surface area contributed by atoms with Gasteiger partial charge in [0.05, 0.1) is 41.6 Å². The number of hydrogen-bond donors (Lipinski definition) is 4. The van der Waals surface area contributed by atoms with Crippen LogP contribution in [0.4, 0.5) is 5.82 Å². The molecule has 53 heavy (non-hydrogen) atoms. The minimum atomic E-state index is -4.42. The van der Waals surface area contributed by atoms with Gasteiger partial charge in [-0.2, -0.15) is 13.5 Å². The van der Waals surface area contributed by atoms with Crippen molar-refractivity contribution in [3.63, 3.8) is 0 Å². The number of amides is 4. The highest BCUT2D eigenvalue weighted by Crippen LogP contribution is 2.28. The number of nitrogens with one attached hydrogen (secondary N) is 2. The number of benzene rings is 2. The summed E-state index contributed by atoms with van der Waals surface area (Å²) in [6.07, 6.45) is 2.82. The van der Waals surface area contributed by atoms with Gasteiger partial charge in [0, 0.05) is 45.3 Å². The molecule has 1 unspecified atom stereocenters. The van der Waals surface area contributed by atoms with Crippen LogP contribution in [0, 0.1) is 18.8 Å². The second-order valence-corrected chi connectivity index (χ2v) is 14.4. The number of rotatable bonds is 13. The first-order valence-electron chi connectivity index (χ1n) is 17.3. The Balaban J connectivity index is 1.06. The van der Waals surface area contributed by atoms with Crippen molar-refractivity contribution in [3.8, 4) is 0 Å². The lowest BCUT2D eigenvalue weighted by atomic mass is 9.83. The molecule has 0 radical (unpaired) electrons. The zero-order chi connectivity index (χ0) is 38.0. The molecule has 17 heteroatoms. The zero-order valence-electron chi connectivity index (χ0n) is 29.3. The van der Waals surface area contributed by atoms with E-state index in [1.165, 1.54) is 47.0 Å². The quantitative estimate of drug-likeness (QED) is 0.0865. The Labute approximate surface area is 307 Å². The molecule has 2 aliphatic heterocycles. The molecule has 2 aliphatic rings. The third-order valence-electron chi connectivity index (χ3n) is 9.39.